The van der Waals surface area contributed by atoms with Gasteiger partial charge in [0.2, 0.25) is 0 Å². The fraction of sp³-hybridized carbons (Fsp3) is 0.0146. The van der Waals surface area contributed by atoms with Crippen molar-refractivity contribution in [2.75, 3.05) is 0 Å². The van der Waals surface area contributed by atoms with E-state index in [1.165, 1.54) is 154 Å². The van der Waals surface area contributed by atoms with Gasteiger partial charge >= 0.3 is 0 Å². The zero-order valence-corrected chi connectivity index (χ0v) is 79.9. The number of para-hydroxylation sites is 3. The fourth-order valence-corrected chi connectivity index (χ4v) is 23.2. The number of rotatable bonds is 15. The van der Waals surface area contributed by atoms with Gasteiger partial charge in [-0.3, -0.25) is 9.97 Å². The van der Waals surface area contributed by atoms with Crippen LogP contribution in [0, 0.1) is 0 Å². The Bertz CT molecular complexity index is 9550. The zero-order chi connectivity index (χ0) is 97.3. The highest BCUT2D eigenvalue weighted by Crippen LogP contribution is 2.61. The second-order valence-electron chi connectivity index (χ2n) is 37.7. The van der Waals surface area contributed by atoms with Gasteiger partial charge in [-0.25, -0.2) is 24.9 Å². The van der Waals surface area contributed by atoms with Crippen LogP contribution >= 0.6 is 0 Å². The number of benzene rings is 20. The van der Waals surface area contributed by atoms with Crippen LogP contribution in [0.25, 0.3) is 206 Å². The fourth-order valence-electron chi connectivity index (χ4n) is 23.2. The molecule has 27 aromatic rings. The van der Waals surface area contributed by atoms with Crippen molar-refractivity contribution in [3.8, 4) is 129 Å². The van der Waals surface area contributed by atoms with Gasteiger partial charge in [-0.2, -0.15) is 0 Å². The lowest BCUT2D eigenvalue weighted by Crippen LogP contribution is -2.28. The van der Waals surface area contributed by atoms with Crippen LogP contribution in [0.5, 0.6) is 0 Å². The number of aromatic nitrogens is 10. The summed E-state index contributed by atoms with van der Waals surface area (Å²) in [4.78, 5) is 33.0. The topological polar surface area (TPSA) is 105 Å². The van der Waals surface area contributed by atoms with Crippen molar-refractivity contribution in [2.45, 2.75) is 10.8 Å². The van der Waals surface area contributed by atoms with Gasteiger partial charge in [0.1, 0.15) is 0 Å². The standard InChI is InChI=1S/C51H34N4.C46H30N2.C40H26N4/c1-4-14-35(15-5-1)36-26-29-44(30-27-36)55-47-25-11-10-24-45(47)46-31-28-42(34-48(46)55)40-21-12-20-39(32-40)41-22-13-23-43(33-41)51-53-49(37-16-6-2-7-17-37)52-50(54-51)38-18-8-3-9-19-38;1-3-13-33(14-4-1)46(34-15-5-2-6-16-34)42-20-9-7-17-37(42)39-29-35(23-24-43(39)46)48-44-21-10-8-18-38(44)40-28-32(22-25-45(40)48)36-19-11-12-31-26-27-47-30-41(31)36;1-3-13-28(14-4-1)40(29-15-5-2-6-16-29)33-19-9-7-17-31(33)37-34(40)21-22-36-38(37)32-18-8-10-20-35(32)44(36)30-25-42-39(43-26-30)27-12-11-23-41-24-27/h1-34H;1-30H;1-26H. The Labute approximate surface area is 850 Å². The SMILES string of the molecule is c1ccc(-c2ccc(-n3c4ccccc4c4ccc(-c5cccc(-c6cccc(-c7nc(-c8ccccc8)nc(-c8ccccc8)n7)c6)c5)cc43)cc2)cc1.c1ccc(C2(c3ccccc3)c3ccccc3-c3c2ccc2c3c3ccccc3n2-c2cnc(-c3cccnc3)nc2)cc1.c1ccc(C2(c3ccccc3)c3ccccc3-c3cc(-n4c5ccccc5c5cc(-c6cccc7ccncc67)ccc54)ccc32)cc1. The summed E-state index contributed by atoms with van der Waals surface area (Å²) in [6.45, 7) is 0. The van der Waals surface area contributed by atoms with Crippen molar-refractivity contribution >= 4 is 76.2 Å². The van der Waals surface area contributed by atoms with Crippen molar-refractivity contribution in [2.24, 2.45) is 0 Å². The molecule has 10 nitrogen and oxygen atoms in total. The normalized spacial score (nSPS) is 12.5. The number of fused-ring (bicyclic) bond motifs is 17. The Morgan fingerprint density at radius 1 is 0.177 bits per heavy atom. The van der Waals surface area contributed by atoms with Gasteiger partial charge in [-0.05, 0) is 214 Å². The molecule has 2 aliphatic rings. The van der Waals surface area contributed by atoms with E-state index < -0.39 is 10.8 Å². The number of pyridine rings is 2. The average molecular weight is 1880 g/mol. The van der Waals surface area contributed by atoms with E-state index in [1.807, 2.05) is 97.6 Å². The Balaban J connectivity index is 0.000000110. The minimum absolute atomic E-state index is 0.407. The molecule has 0 saturated heterocycles. The zero-order valence-electron chi connectivity index (χ0n) is 79.9. The maximum atomic E-state index is 4.98. The molecular weight excluding hydrogens is 1790 g/mol. The van der Waals surface area contributed by atoms with Crippen molar-refractivity contribution < 1.29 is 0 Å². The summed E-state index contributed by atoms with van der Waals surface area (Å²) < 4.78 is 7.12. The van der Waals surface area contributed by atoms with Crippen LogP contribution in [-0.4, -0.2) is 48.6 Å². The second-order valence-corrected chi connectivity index (χ2v) is 37.7. The third kappa shape index (κ3) is 14.7. The van der Waals surface area contributed by atoms with Gasteiger partial charge < -0.3 is 13.7 Å². The first-order valence-corrected chi connectivity index (χ1v) is 49.9. The predicted octanol–water partition coefficient (Wildman–Crippen LogP) is 33.3. The molecule has 688 valence electrons. The molecule has 7 aromatic heterocycles. The lowest BCUT2D eigenvalue weighted by Gasteiger charge is -2.33. The molecule has 10 heteroatoms. The molecule has 0 N–H and O–H groups in total. The van der Waals surface area contributed by atoms with E-state index in [2.05, 4.69) is 460 Å². The smallest absolute Gasteiger partial charge is 0.164 e. The summed E-state index contributed by atoms with van der Waals surface area (Å²) in [5, 5.41) is 9.79. The highest BCUT2D eigenvalue weighted by molar-refractivity contribution is 6.19. The summed E-state index contributed by atoms with van der Waals surface area (Å²) in [6, 6.07) is 183. The van der Waals surface area contributed by atoms with Crippen LogP contribution in [0.15, 0.2) is 547 Å². The van der Waals surface area contributed by atoms with E-state index in [0.717, 1.165) is 72.6 Å². The number of hydrogen-bond donors (Lipinski definition) is 0. The minimum atomic E-state index is -0.444. The van der Waals surface area contributed by atoms with E-state index in [9.17, 15) is 0 Å². The largest absolute Gasteiger partial charge is 0.309 e. The summed E-state index contributed by atoms with van der Waals surface area (Å²) in [6.07, 6.45) is 11.2. The summed E-state index contributed by atoms with van der Waals surface area (Å²) in [5.74, 6) is 2.60. The van der Waals surface area contributed by atoms with Gasteiger partial charge in [0.05, 0.1) is 62.0 Å². The molecule has 0 radical (unpaired) electrons. The van der Waals surface area contributed by atoms with Crippen LogP contribution in [-0.2, 0) is 10.8 Å². The molecule has 0 bridgehead atoms. The molecule has 0 unspecified atom stereocenters. The first-order valence-electron chi connectivity index (χ1n) is 49.9. The first kappa shape index (κ1) is 86.5. The Hall–Kier alpha value is -19.6. The van der Waals surface area contributed by atoms with Crippen LogP contribution in [0.1, 0.15) is 44.5 Å². The van der Waals surface area contributed by atoms with Crippen LogP contribution in [0.4, 0.5) is 0 Å². The van der Waals surface area contributed by atoms with Crippen LogP contribution in [0.2, 0.25) is 0 Å². The lowest BCUT2D eigenvalue weighted by atomic mass is 9.67. The molecule has 20 aromatic carbocycles. The van der Waals surface area contributed by atoms with E-state index in [4.69, 9.17) is 24.9 Å². The van der Waals surface area contributed by atoms with Crippen molar-refractivity contribution in [3.05, 3.63) is 591 Å². The minimum Gasteiger partial charge on any atom is -0.309 e. The summed E-state index contributed by atoms with van der Waals surface area (Å²) >= 11 is 0. The van der Waals surface area contributed by atoms with Gasteiger partial charge in [0.15, 0.2) is 23.3 Å². The molecule has 0 amide bonds. The quantitative estimate of drug-likeness (QED) is 0.101. The number of hydrogen-bond acceptors (Lipinski definition) is 7. The molecule has 0 spiro atoms. The van der Waals surface area contributed by atoms with Gasteiger partial charge in [-0.15, -0.1) is 0 Å². The van der Waals surface area contributed by atoms with E-state index >= 15 is 0 Å². The van der Waals surface area contributed by atoms with Gasteiger partial charge in [0, 0.05) is 96.1 Å². The maximum Gasteiger partial charge on any atom is 0.164 e. The average Bonchev–Trinajstić information content (AvgIpc) is 1.52. The monoisotopic (exact) mass is 1870 g/mol. The molecular formula is C137H90N10. The molecule has 2 aliphatic carbocycles. The Morgan fingerprint density at radius 3 is 1.18 bits per heavy atom. The Morgan fingerprint density at radius 2 is 0.578 bits per heavy atom. The Kier molecular flexibility index (Phi) is 21.5. The first-order chi connectivity index (χ1) is 72.9. The lowest BCUT2D eigenvalue weighted by molar-refractivity contribution is 0.768. The summed E-state index contributed by atoms with van der Waals surface area (Å²) in [7, 11) is 0. The van der Waals surface area contributed by atoms with Crippen molar-refractivity contribution in [3.63, 3.8) is 0 Å². The van der Waals surface area contributed by atoms with Gasteiger partial charge in [-0.1, -0.05) is 413 Å². The van der Waals surface area contributed by atoms with Crippen molar-refractivity contribution in [1.82, 2.24) is 48.6 Å². The second kappa shape index (κ2) is 36.5. The van der Waals surface area contributed by atoms with E-state index in [1.54, 1.807) is 12.4 Å². The van der Waals surface area contributed by atoms with Gasteiger partial charge in [0.25, 0.3) is 0 Å². The molecule has 0 saturated carbocycles. The third-order valence-electron chi connectivity index (χ3n) is 29.7. The highest BCUT2D eigenvalue weighted by Gasteiger charge is 2.49. The molecule has 7 heterocycles. The molecule has 0 aliphatic heterocycles. The maximum absolute atomic E-state index is 4.98. The summed E-state index contributed by atoms with van der Waals surface area (Å²) in [5.41, 5.74) is 37.9. The molecule has 147 heavy (non-hydrogen) atoms. The molecule has 0 fully saturated rings. The van der Waals surface area contributed by atoms with Crippen LogP contribution < -0.4 is 0 Å². The molecule has 29 rings (SSSR count). The van der Waals surface area contributed by atoms with E-state index in [-0.39, 0.29) is 0 Å². The highest BCUT2D eigenvalue weighted by atomic mass is 15.0. The van der Waals surface area contributed by atoms with Crippen molar-refractivity contribution in [1.29, 1.82) is 0 Å². The number of nitrogens with zero attached hydrogens (tertiary/aromatic N) is 10. The predicted molar refractivity (Wildman–Crippen MR) is 603 cm³/mol. The van der Waals surface area contributed by atoms with Crippen LogP contribution in [0.3, 0.4) is 0 Å². The molecule has 0 atom stereocenters. The van der Waals surface area contributed by atoms with E-state index in [0.29, 0.717) is 23.3 Å². The third-order valence-corrected chi connectivity index (χ3v) is 29.7.